The number of halogens is 7. The summed E-state index contributed by atoms with van der Waals surface area (Å²) in [5, 5.41) is 27.7. The first-order valence-corrected chi connectivity index (χ1v) is 18.6. The minimum absolute atomic E-state index is 0.0614. The largest absolute Gasteiger partial charge is 0.490 e. The molecule has 5 rings (SSSR count). The van der Waals surface area contributed by atoms with Gasteiger partial charge in [-0.15, -0.1) is 0 Å². The number of alkyl halides is 4. The predicted octanol–water partition coefficient (Wildman–Crippen LogP) is 6.42. The molecule has 0 aliphatic carbocycles. The molecule has 3 N–H and O–H groups in total. The zero-order chi connectivity index (χ0) is 41.5. The lowest BCUT2D eigenvalue weighted by atomic mass is 9.72. The summed E-state index contributed by atoms with van der Waals surface area (Å²) in [6.45, 7) is 13.3. The van der Waals surface area contributed by atoms with Gasteiger partial charge >= 0.3 is 33.1 Å². The maximum Gasteiger partial charge on any atom is 0.490 e. The third-order valence-electron chi connectivity index (χ3n) is 9.57. The van der Waals surface area contributed by atoms with E-state index < -0.39 is 49.2 Å². The van der Waals surface area contributed by atoms with Crippen LogP contribution < -0.4 is 0 Å². The Labute approximate surface area is 335 Å². The summed E-state index contributed by atoms with van der Waals surface area (Å²) < 4.78 is 69.9. The lowest BCUT2D eigenvalue weighted by Crippen LogP contribution is -2.41. The molecule has 302 valence electrons. The van der Waals surface area contributed by atoms with E-state index in [1.54, 1.807) is 13.6 Å². The van der Waals surface area contributed by atoms with Crippen LogP contribution in [0.4, 0.5) is 17.6 Å². The normalized spacial score (nSPS) is 18.6. The highest BCUT2D eigenvalue weighted by molar-refractivity contribution is 6.54. The lowest BCUT2D eigenvalue weighted by Gasteiger charge is -2.32. The molecule has 3 aliphatic rings. The molecule has 1 saturated heterocycles. The number of carbonyl (C=O) groups excluding carboxylic acids is 1. The third kappa shape index (κ3) is 12.9. The van der Waals surface area contributed by atoms with Crippen molar-refractivity contribution in [3.63, 3.8) is 0 Å². The first-order chi connectivity index (χ1) is 25.4. The van der Waals surface area contributed by atoms with Crippen molar-refractivity contribution >= 4 is 67.6 Å². The quantitative estimate of drug-likeness (QED) is 0.112. The zero-order valence-electron chi connectivity index (χ0n) is 31.8. The number of aliphatic hydroxyl groups excluding tert-OH is 1. The third-order valence-corrected chi connectivity index (χ3v) is 10.5. The van der Waals surface area contributed by atoms with Gasteiger partial charge in [-0.1, -0.05) is 47.0 Å². The summed E-state index contributed by atoms with van der Waals surface area (Å²) in [6.07, 6.45) is 7.46. The lowest BCUT2D eigenvalue weighted by molar-refractivity contribution is -0.153. The zero-order valence-corrected chi connectivity index (χ0v) is 34.0. The standard InChI is InChI=1S/C13H16BClF2N2O2.C12H23B2NO3.C9H7Cl2F2NO2/c1-14(21)19-4-2-9(3-5-19)12-11(15)6-10(7-18-12)13(16,17)8-20;1-11(2)12(3,4)18-14(17-11)10-6-8-15(9-7-10)13(5)16;1-5(15)16-4-9(12,13)6-2-7(10)8(11)14-3-6/h2,6-7,20-21H,3-5,8H2,1H3;6,16H,7-9H2,1-5H3;2-3H,4H2,1H3. The number of hydrogen-bond acceptors (Lipinski definition) is 11. The van der Waals surface area contributed by atoms with Crippen molar-refractivity contribution in [1.29, 1.82) is 0 Å². The average molecular weight is 838 g/mol. The average Bonchev–Trinajstić information content (AvgIpc) is 3.34. The van der Waals surface area contributed by atoms with Crippen molar-refractivity contribution in [2.75, 3.05) is 39.4 Å². The molecule has 0 atom stereocenters. The van der Waals surface area contributed by atoms with E-state index in [1.165, 1.54) is 5.47 Å². The van der Waals surface area contributed by atoms with Crippen LogP contribution in [0.2, 0.25) is 28.8 Å². The van der Waals surface area contributed by atoms with Crippen LogP contribution in [0.1, 0.15) is 64.3 Å². The minimum Gasteiger partial charge on any atom is -0.459 e. The molecule has 0 unspecified atom stereocenters. The van der Waals surface area contributed by atoms with Gasteiger partial charge in [-0.3, -0.25) is 9.78 Å². The van der Waals surface area contributed by atoms with E-state index in [4.69, 9.17) is 49.2 Å². The Hall–Kier alpha value is -2.25. The predicted molar refractivity (Wildman–Crippen MR) is 207 cm³/mol. The number of esters is 1. The van der Waals surface area contributed by atoms with E-state index in [-0.39, 0.29) is 40.6 Å². The first-order valence-electron chi connectivity index (χ1n) is 17.5. The van der Waals surface area contributed by atoms with Crippen molar-refractivity contribution in [3.05, 3.63) is 74.2 Å². The molecule has 0 radical (unpaired) electrons. The van der Waals surface area contributed by atoms with Crippen molar-refractivity contribution in [3.8, 4) is 0 Å². The van der Waals surface area contributed by atoms with Gasteiger partial charge in [0.15, 0.2) is 6.61 Å². The fourth-order valence-corrected chi connectivity index (χ4v) is 5.91. The van der Waals surface area contributed by atoms with Crippen molar-refractivity contribution in [1.82, 2.24) is 19.6 Å². The summed E-state index contributed by atoms with van der Waals surface area (Å²) in [4.78, 5) is 21.8. The Balaban J connectivity index is 0.000000224. The number of hydrogen-bond donors (Lipinski definition) is 3. The Kier molecular flexibility index (Phi) is 16.7. The molecule has 0 bridgehead atoms. The van der Waals surface area contributed by atoms with E-state index in [0.717, 1.165) is 56.5 Å². The van der Waals surface area contributed by atoms with Gasteiger partial charge in [-0.25, -0.2) is 4.98 Å². The SMILES string of the molecule is CB(O)N1CC=C(B2OC(C)(C)C(C)(C)O2)CC1.CB(O)N1CC=C(c2ncc(C(F)(F)CO)cc2Cl)CC1.CC(=O)OCC(F)(F)c1cnc(Cl)c(Cl)c1. The van der Waals surface area contributed by atoms with Crippen LogP contribution in [0, 0.1) is 0 Å². The molecule has 2 aromatic heterocycles. The Bertz CT molecular complexity index is 1690. The molecule has 0 amide bonds. The van der Waals surface area contributed by atoms with E-state index in [2.05, 4.69) is 48.5 Å². The van der Waals surface area contributed by atoms with Gasteiger partial charge in [0.05, 0.1) is 26.9 Å². The molecule has 5 heterocycles. The molecule has 0 aromatic carbocycles. The number of rotatable bonds is 9. The molecule has 0 saturated carbocycles. The maximum atomic E-state index is 13.4. The smallest absolute Gasteiger partial charge is 0.459 e. The van der Waals surface area contributed by atoms with Gasteiger partial charge in [-0.05, 0) is 90.5 Å². The van der Waals surface area contributed by atoms with Crippen LogP contribution >= 0.6 is 34.8 Å². The van der Waals surface area contributed by atoms with E-state index in [0.29, 0.717) is 25.2 Å². The molecular formula is C34H46B3Cl3F4N4O7. The molecule has 1 fully saturated rings. The van der Waals surface area contributed by atoms with E-state index >= 15 is 0 Å². The first kappa shape index (κ1) is 47.1. The van der Waals surface area contributed by atoms with Crippen LogP contribution in [0.3, 0.4) is 0 Å². The summed E-state index contributed by atoms with van der Waals surface area (Å²) in [7, 11) is -1.15. The van der Waals surface area contributed by atoms with Crippen molar-refractivity contribution in [2.24, 2.45) is 0 Å². The fourth-order valence-electron chi connectivity index (χ4n) is 5.35. The molecule has 11 nitrogen and oxygen atoms in total. The van der Waals surface area contributed by atoms with Gasteiger partial charge in [0, 0.05) is 43.5 Å². The Morgan fingerprint density at radius 3 is 1.84 bits per heavy atom. The molecule has 3 aliphatic heterocycles. The van der Waals surface area contributed by atoms with Gasteiger partial charge in [0.25, 0.3) is 5.92 Å². The number of carbonyl (C=O) groups is 1. The highest BCUT2D eigenvalue weighted by Crippen LogP contribution is 2.39. The summed E-state index contributed by atoms with van der Waals surface area (Å²) in [6, 6.07) is 2.13. The van der Waals surface area contributed by atoms with Gasteiger partial charge in [-0.2, -0.15) is 17.6 Å². The monoisotopic (exact) mass is 836 g/mol. The van der Waals surface area contributed by atoms with E-state index in [1.807, 2.05) is 15.7 Å². The second kappa shape index (κ2) is 19.5. The number of nitrogens with zero attached hydrogens (tertiary/aromatic N) is 4. The molecule has 55 heavy (non-hydrogen) atoms. The second-order valence-electron chi connectivity index (χ2n) is 14.2. The summed E-state index contributed by atoms with van der Waals surface area (Å²) in [5.74, 6) is -7.47. The number of pyridine rings is 2. The van der Waals surface area contributed by atoms with Crippen LogP contribution in [0.5, 0.6) is 0 Å². The van der Waals surface area contributed by atoms with Crippen molar-refractivity contribution in [2.45, 2.75) is 84.2 Å². The molecule has 21 heteroatoms. The topological polar surface area (TPSA) is 138 Å². The van der Waals surface area contributed by atoms with Crippen LogP contribution in [-0.2, 0) is 30.7 Å². The Morgan fingerprint density at radius 2 is 1.40 bits per heavy atom. The Morgan fingerprint density at radius 1 is 0.891 bits per heavy atom. The maximum absolute atomic E-state index is 13.4. The number of aromatic nitrogens is 2. The summed E-state index contributed by atoms with van der Waals surface area (Å²) in [5.41, 5.74) is 1.13. The number of aliphatic hydroxyl groups is 1. The van der Waals surface area contributed by atoms with Crippen LogP contribution in [0.15, 0.2) is 42.2 Å². The molecule has 2 aromatic rings. The van der Waals surface area contributed by atoms with Gasteiger partial charge < -0.3 is 38.8 Å². The van der Waals surface area contributed by atoms with Gasteiger partial charge in [0.1, 0.15) is 11.8 Å². The molecule has 0 spiro atoms. The fraction of sp³-hybridized carbons (Fsp3) is 0.559. The number of ether oxygens (including phenoxy) is 1. The van der Waals surface area contributed by atoms with E-state index in [9.17, 15) is 32.4 Å². The minimum atomic E-state index is -3.35. The highest BCUT2D eigenvalue weighted by atomic mass is 35.5. The van der Waals surface area contributed by atoms with Crippen LogP contribution in [0.25, 0.3) is 5.57 Å². The van der Waals surface area contributed by atoms with Gasteiger partial charge in [0.2, 0.25) is 0 Å². The summed E-state index contributed by atoms with van der Waals surface area (Å²) >= 11 is 17.1. The highest BCUT2D eigenvalue weighted by Gasteiger charge is 2.52. The molecular weight excluding hydrogens is 791 g/mol. The second-order valence-corrected chi connectivity index (χ2v) is 15.4. The van der Waals surface area contributed by atoms with Crippen molar-refractivity contribution < 1.29 is 51.6 Å². The van der Waals surface area contributed by atoms with Crippen LogP contribution in [-0.4, -0.2) is 113 Å².